The Bertz CT molecular complexity index is 307. The highest BCUT2D eigenvalue weighted by molar-refractivity contribution is 5.09. The minimum atomic E-state index is 0.447. The van der Waals surface area contributed by atoms with Crippen LogP contribution < -0.4 is 5.32 Å². The van der Waals surface area contributed by atoms with Gasteiger partial charge < -0.3 is 9.88 Å². The van der Waals surface area contributed by atoms with Crippen LogP contribution in [0.15, 0.2) is 18.5 Å². The van der Waals surface area contributed by atoms with E-state index < -0.39 is 0 Å². The summed E-state index contributed by atoms with van der Waals surface area (Å²) in [5, 5.41) is 3.57. The van der Waals surface area contributed by atoms with Gasteiger partial charge in [-0.05, 0) is 36.8 Å². The van der Waals surface area contributed by atoms with E-state index in [0.717, 1.165) is 6.54 Å². The summed E-state index contributed by atoms with van der Waals surface area (Å²) < 4.78 is 2.09. The molecule has 0 saturated carbocycles. The summed E-state index contributed by atoms with van der Waals surface area (Å²) in [6.45, 7) is 10.2. The van der Waals surface area contributed by atoms with E-state index in [2.05, 4.69) is 63.1 Å². The van der Waals surface area contributed by atoms with E-state index in [1.165, 1.54) is 18.4 Å². The molecule has 92 valence electrons. The first-order chi connectivity index (χ1) is 7.37. The Labute approximate surface area is 100 Å². The average Bonchev–Trinajstić information content (AvgIpc) is 2.57. The summed E-state index contributed by atoms with van der Waals surface area (Å²) in [5.74, 6) is 0. The first-order valence-electron chi connectivity index (χ1n) is 6.21. The van der Waals surface area contributed by atoms with Gasteiger partial charge >= 0.3 is 0 Å². The minimum absolute atomic E-state index is 0.447. The van der Waals surface area contributed by atoms with Crippen molar-refractivity contribution in [2.24, 2.45) is 12.5 Å². The molecule has 1 heterocycles. The summed E-state index contributed by atoms with van der Waals surface area (Å²) >= 11 is 0. The molecular weight excluding hydrogens is 196 g/mol. The Balaban J connectivity index is 2.22. The van der Waals surface area contributed by atoms with Crippen molar-refractivity contribution in [2.45, 2.75) is 53.1 Å². The molecule has 2 nitrogen and oxygen atoms in total. The van der Waals surface area contributed by atoms with Crippen molar-refractivity contribution in [2.75, 3.05) is 0 Å². The number of nitrogens with zero attached hydrogens (tertiary/aromatic N) is 1. The maximum absolute atomic E-state index is 3.57. The van der Waals surface area contributed by atoms with E-state index in [-0.39, 0.29) is 0 Å². The molecular formula is C14H26N2. The van der Waals surface area contributed by atoms with Gasteiger partial charge in [0.25, 0.3) is 0 Å². The van der Waals surface area contributed by atoms with Crippen LogP contribution in [-0.2, 0) is 13.6 Å². The topological polar surface area (TPSA) is 17.0 Å². The molecule has 0 aliphatic carbocycles. The van der Waals surface area contributed by atoms with Crippen molar-refractivity contribution < 1.29 is 0 Å². The molecule has 16 heavy (non-hydrogen) atoms. The van der Waals surface area contributed by atoms with E-state index in [9.17, 15) is 0 Å². The predicted molar refractivity (Wildman–Crippen MR) is 70.4 cm³/mol. The van der Waals surface area contributed by atoms with Gasteiger partial charge in [0.15, 0.2) is 0 Å². The minimum Gasteiger partial charge on any atom is -0.357 e. The average molecular weight is 222 g/mol. The molecule has 0 bridgehead atoms. The van der Waals surface area contributed by atoms with Crippen LogP contribution in [0.4, 0.5) is 0 Å². The molecule has 0 amide bonds. The van der Waals surface area contributed by atoms with Gasteiger partial charge in [0, 0.05) is 32.0 Å². The second-order valence-electron chi connectivity index (χ2n) is 6.07. The van der Waals surface area contributed by atoms with Gasteiger partial charge in [-0.3, -0.25) is 0 Å². The third-order valence-electron chi connectivity index (χ3n) is 2.88. The number of nitrogens with one attached hydrogen (secondary N) is 1. The van der Waals surface area contributed by atoms with Gasteiger partial charge in [0.05, 0.1) is 0 Å². The van der Waals surface area contributed by atoms with Crippen LogP contribution in [0.2, 0.25) is 0 Å². The molecule has 2 heteroatoms. The molecule has 1 atom stereocenters. The maximum atomic E-state index is 3.57. The first kappa shape index (κ1) is 13.3. The molecule has 0 aliphatic rings. The summed E-state index contributed by atoms with van der Waals surface area (Å²) in [4.78, 5) is 0. The highest BCUT2D eigenvalue weighted by atomic mass is 14.9. The van der Waals surface area contributed by atoms with Crippen molar-refractivity contribution in [1.29, 1.82) is 0 Å². The van der Waals surface area contributed by atoms with Crippen molar-refractivity contribution >= 4 is 0 Å². The Hall–Kier alpha value is -0.760. The number of aromatic nitrogens is 1. The second kappa shape index (κ2) is 5.53. The number of hydrogen-bond donors (Lipinski definition) is 1. The summed E-state index contributed by atoms with van der Waals surface area (Å²) in [6, 6.07) is 2.77. The van der Waals surface area contributed by atoms with Gasteiger partial charge in [-0.15, -0.1) is 0 Å². The predicted octanol–water partition coefficient (Wildman–Crippen LogP) is 3.33. The zero-order chi connectivity index (χ0) is 12.2. The Morgan fingerprint density at radius 2 is 2.06 bits per heavy atom. The van der Waals surface area contributed by atoms with Crippen LogP contribution in [0.1, 0.15) is 46.1 Å². The fourth-order valence-corrected chi connectivity index (χ4v) is 1.71. The second-order valence-corrected chi connectivity index (χ2v) is 6.07. The lowest BCUT2D eigenvalue weighted by atomic mass is 9.89. The van der Waals surface area contributed by atoms with Crippen molar-refractivity contribution in [3.05, 3.63) is 24.0 Å². The molecule has 0 fully saturated rings. The van der Waals surface area contributed by atoms with Gasteiger partial charge in [0.2, 0.25) is 0 Å². The van der Waals surface area contributed by atoms with Crippen molar-refractivity contribution in [1.82, 2.24) is 9.88 Å². The monoisotopic (exact) mass is 222 g/mol. The standard InChI is InChI=1S/C14H26N2/c1-12(6-8-14(2,3)4)15-10-13-7-9-16(5)11-13/h7,9,11-12,15H,6,8,10H2,1-5H3. The fraction of sp³-hybridized carbons (Fsp3) is 0.714. The van der Waals surface area contributed by atoms with Crippen LogP contribution >= 0.6 is 0 Å². The van der Waals surface area contributed by atoms with Crippen LogP contribution in [0.25, 0.3) is 0 Å². The van der Waals surface area contributed by atoms with Gasteiger partial charge in [-0.1, -0.05) is 20.8 Å². The molecule has 1 rings (SSSR count). The van der Waals surface area contributed by atoms with Crippen molar-refractivity contribution in [3.63, 3.8) is 0 Å². The molecule has 1 unspecified atom stereocenters. The Morgan fingerprint density at radius 3 is 2.56 bits per heavy atom. The van der Waals surface area contributed by atoms with E-state index in [1.807, 2.05) is 0 Å². The summed E-state index contributed by atoms with van der Waals surface area (Å²) in [7, 11) is 2.06. The van der Waals surface area contributed by atoms with E-state index in [4.69, 9.17) is 0 Å². The van der Waals surface area contributed by atoms with Gasteiger partial charge in [-0.2, -0.15) is 0 Å². The Morgan fingerprint density at radius 1 is 1.38 bits per heavy atom. The fourth-order valence-electron chi connectivity index (χ4n) is 1.71. The molecule has 0 aliphatic heterocycles. The molecule has 0 radical (unpaired) electrons. The zero-order valence-corrected chi connectivity index (χ0v) is 11.4. The number of rotatable bonds is 5. The maximum Gasteiger partial charge on any atom is 0.0223 e. The van der Waals surface area contributed by atoms with Crippen LogP contribution in [-0.4, -0.2) is 10.6 Å². The van der Waals surface area contributed by atoms with Gasteiger partial charge in [0.1, 0.15) is 0 Å². The van der Waals surface area contributed by atoms with Crippen LogP contribution in [0.3, 0.4) is 0 Å². The van der Waals surface area contributed by atoms with E-state index in [1.54, 1.807) is 0 Å². The lowest BCUT2D eigenvalue weighted by molar-refractivity contribution is 0.336. The van der Waals surface area contributed by atoms with E-state index in [0.29, 0.717) is 11.5 Å². The SMILES string of the molecule is CC(CCC(C)(C)C)NCc1ccn(C)c1. The Kier molecular flexibility index (Phi) is 4.60. The molecule has 0 aromatic carbocycles. The third-order valence-corrected chi connectivity index (χ3v) is 2.88. The first-order valence-corrected chi connectivity index (χ1v) is 6.21. The third kappa shape index (κ3) is 5.36. The zero-order valence-electron chi connectivity index (χ0n) is 11.4. The van der Waals surface area contributed by atoms with Crippen LogP contribution in [0, 0.1) is 5.41 Å². The molecule has 0 spiro atoms. The number of hydrogen-bond acceptors (Lipinski definition) is 1. The smallest absolute Gasteiger partial charge is 0.0223 e. The van der Waals surface area contributed by atoms with Crippen LogP contribution in [0.5, 0.6) is 0 Å². The lowest BCUT2D eigenvalue weighted by Crippen LogP contribution is -2.26. The highest BCUT2D eigenvalue weighted by Gasteiger charge is 2.12. The normalized spacial score (nSPS) is 14.1. The van der Waals surface area contributed by atoms with Crippen molar-refractivity contribution in [3.8, 4) is 0 Å². The molecule has 0 saturated heterocycles. The van der Waals surface area contributed by atoms with Gasteiger partial charge in [-0.25, -0.2) is 0 Å². The summed E-state index contributed by atoms with van der Waals surface area (Å²) in [5.41, 5.74) is 1.81. The highest BCUT2D eigenvalue weighted by Crippen LogP contribution is 2.21. The molecule has 1 aromatic heterocycles. The largest absolute Gasteiger partial charge is 0.357 e. The lowest BCUT2D eigenvalue weighted by Gasteiger charge is -2.21. The molecule has 1 N–H and O–H groups in total. The summed E-state index contributed by atoms with van der Waals surface area (Å²) in [6.07, 6.45) is 6.78. The molecule has 1 aromatic rings. The van der Waals surface area contributed by atoms with E-state index >= 15 is 0 Å². The quantitative estimate of drug-likeness (QED) is 0.808. The number of aryl methyl sites for hydroxylation is 1.